The molecule has 6 atom stereocenters. The van der Waals surface area contributed by atoms with Crippen LogP contribution in [0.1, 0.15) is 146 Å². The lowest BCUT2D eigenvalue weighted by molar-refractivity contribution is -0.139. The van der Waals surface area contributed by atoms with E-state index in [2.05, 4.69) is 36.2 Å². The molecule has 0 fully saturated rings. The highest BCUT2D eigenvalue weighted by Crippen LogP contribution is 2.31. The van der Waals surface area contributed by atoms with Gasteiger partial charge in [-0.2, -0.15) is 0 Å². The molecule has 9 aromatic rings. The Kier molecular flexibility index (Phi) is 40.3. The molecule has 6 aromatic carbocycles. The molecule has 0 aliphatic carbocycles. The molecule has 0 saturated carbocycles. The standard InChI is InChI=1S/C31H34ClN3O8.C30H32ClN3O8.C29H31N3O8/c32-24-6-1-4-22(16-24)20-9-11-21(12-10-20)27-18-25(43-35-27)13-14-29(38)34-26(7-3-15-42-19-36)28(37)17-23(31(33)41)5-2-8-30(39)40;31-22-5-1-3-20(15-22)18-7-9-19(10-8-18)25-17-23(42-34-25)11-13-27(36)33-24(12-14-29(39)40)26(35)16-21(30(32)41)4-2-6-28(37)38;30-29(39)21(10-14-27(35)36)16-25(33)23(12-15-28(37)38)31-26(34)13-11-22-17-24(32-40-22)20-8-6-19(7-9-20)18-4-2-1-3-5-18/h1,4,6,9-12,16,18-19,23,26H,2-3,5,7-8,13-15,17H2,(H2,33,41)(H,34,38)(H,39,40);1,3,5,7-10,15,17,21,24H,2,4,6,11-14,16H2,(H2,32,41)(H,33,36)(H,37,38)(H,39,40);1-9,17,21,23H,10-16H2,(H2,30,39)(H,31,34)(H,35,36)(H,37,38)/t23-,26+;21-,24+;21-,23+/m111/s1. The van der Waals surface area contributed by atoms with Gasteiger partial charge < -0.3 is 77.0 Å². The van der Waals surface area contributed by atoms with E-state index < -0.39 is 125 Å². The third-order valence-corrected chi connectivity index (χ3v) is 20.3. The molecule has 9 rings (SSSR count). The predicted molar refractivity (Wildman–Crippen MR) is 455 cm³/mol. The largest absolute Gasteiger partial charge is 0.481 e. The number of aromatic nitrogens is 3. The molecular formula is C90H97Cl2N9O24. The Morgan fingerprint density at radius 2 is 0.640 bits per heavy atom. The molecule has 660 valence electrons. The van der Waals surface area contributed by atoms with E-state index in [9.17, 15) is 71.9 Å². The molecular weight excluding hydrogens is 1660 g/mol. The third kappa shape index (κ3) is 35.3. The molecule has 3 heterocycles. The lowest BCUT2D eigenvalue weighted by Gasteiger charge is -2.20. The number of benzene rings is 6. The quantitative estimate of drug-likeness (QED) is 0.0125. The highest BCUT2D eigenvalue weighted by Gasteiger charge is 2.31. The smallest absolute Gasteiger partial charge is 0.303 e. The summed E-state index contributed by atoms with van der Waals surface area (Å²) in [6.45, 7) is 0.349. The van der Waals surface area contributed by atoms with Gasteiger partial charge in [0, 0.05) is 153 Å². The fourth-order valence-corrected chi connectivity index (χ4v) is 13.4. The molecule has 14 N–H and O–H groups in total. The maximum absolute atomic E-state index is 13.0. The second-order valence-electron chi connectivity index (χ2n) is 29.3. The highest BCUT2D eigenvalue weighted by atomic mass is 35.5. The summed E-state index contributed by atoms with van der Waals surface area (Å²) in [6, 6.07) is 50.1. The van der Waals surface area contributed by atoms with Crippen LogP contribution in [0.25, 0.3) is 67.2 Å². The van der Waals surface area contributed by atoms with E-state index in [4.69, 9.17) is 79.5 Å². The van der Waals surface area contributed by atoms with E-state index in [1.54, 1.807) is 24.3 Å². The van der Waals surface area contributed by atoms with Crippen LogP contribution in [0.4, 0.5) is 0 Å². The number of ketones is 3. The number of rotatable bonds is 52. The Morgan fingerprint density at radius 3 is 0.960 bits per heavy atom. The maximum Gasteiger partial charge on any atom is 0.303 e. The minimum atomic E-state index is -1.16. The van der Waals surface area contributed by atoms with Crippen molar-refractivity contribution < 1.29 is 116 Å². The Bertz CT molecular complexity index is 5170. The number of ether oxygens (including phenoxy) is 1. The van der Waals surface area contributed by atoms with Gasteiger partial charge in [-0.05, 0) is 115 Å². The molecule has 0 bridgehead atoms. The van der Waals surface area contributed by atoms with Crippen molar-refractivity contribution in [3.05, 3.63) is 197 Å². The number of nitrogens with zero attached hydrogens (tertiary/aromatic N) is 3. The summed E-state index contributed by atoms with van der Waals surface area (Å²) in [5.41, 5.74) is 26.5. The summed E-state index contributed by atoms with van der Waals surface area (Å²) in [6.07, 6.45) is -1.41. The fraction of sp³-hybridized carbons (Fsp3) is 0.333. The number of nitrogens with one attached hydrogen (secondary N) is 3. The van der Waals surface area contributed by atoms with Crippen molar-refractivity contribution in [2.45, 2.75) is 166 Å². The zero-order valence-corrected chi connectivity index (χ0v) is 69.5. The average molecular weight is 1760 g/mol. The van der Waals surface area contributed by atoms with E-state index in [1.807, 2.05) is 146 Å². The second-order valence-corrected chi connectivity index (χ2v) is 30.2. The zero-order chi connectivity index (χ0) is 90.9. The van der Waals surface area contributed by atoms with Crippen LogP contribution in [0.5, 0.6) is 0 Å². The summed E-state index contributed by atoms with van der Waals surface area (Å²) in [5.74, 6) is -12.3. The summed E-state index contributed by atoms with van der Waals surface area (Å²) in [5, 5.41) is 65.9. The molecule has 6 amide bonds. The van der Waals surface area contributed by atoms with Crippen molar-refractivity contribution >= 4 is 112 Å². The monoisotopic (exact) mass is 1760 g/mol. The van der Waals surface area contributed by atoms with Crippen LogP contribution in [-0.2, 0) is 95.9 Å². The number of aryl methyl sites for hydroxylation is 3. The van der Waals surface area contributed by atoms with E-state index in [0.29, 0.717) is 57.3 Å². The number of amides is 6. The van der Waals surface area contributed by atoms with Crippen molar-refractivity contribution in [2.75, 3.05) is 6.61 Å². The Hall–Kier alpha value is -13.8. The number of primary amides is 3. The Balaban J connectivity index is 0.000000258. The topological polar surface area (TPSA) is 559 Å². The summed E-state index contributed by atoms with van der Waals surface area (Å²) in [4.78, 5) is 177. The number of hydrogen-bond donors (Lipinski definition) is 11. The first kappa shape index (κ1) is 98.3. The molecule has 3 aromatic heterocycles. The van der Waals surface area contributed by atoms with Crippen molar-refractivity contribution in [3.63, 3.8) is 0 Å². The van der Waals surface area contributed by atoms with Crippen LogP contribution in [0.15, 0.2) is 183 Å². The molecule has 0 aliphatic heterocycles. The minimum Gasteiger partial charge on any atom is -0.481 e. The normalized spacial score (nSPS) is 12.3. The molecule has 0 saturated heterocycles. The molecule has 0 aliphatic rings. The van der Waals surface area contributed by atoms with Gasteiger partial charge in [-0.15, -0.1) is 0 Å². The number of hydrogen-bond acceptors (Lipinski definition) is 22. The van der Waals surface area contributed by atoms with Crippen LogP contribution >= 0.6 is 23.2 Å². The van der Waals surface area contributed by atoms with E-state index in [-0.39, 0.29) is 141 Å². The van der Waals surface area contributed by atoms with Gasteiger partial charge in [-0.1, -0.05) is 166 Å². The third-order valence-electron chi connectivity index (χ3n) is 19.9. The number of carboxylic acids is 5. The number of nitrogens with two attached hydrogens (primary N) is 3. The number of carbonyl (C=O) groups excluding carboxylic acids is 10. The molecule has 125 heavy (non-hydrogen) atoms. The summed E-state index contributed by atoms with van der Waals surface area (Å²) >= 11 is 12.2. The first-order chi connectivity index (χ1) is 59.8. The van der Waals surface area contributed by atoms with Crippen molar-refractivity contribution in [1.29, 1.82) is 0 Å². The van der Waals surface area contributed by atoms with Gasteiger partial charge in [0.15, 0.2) is 17.3 Å². The Morgan fingerprint density at radius 1 is 0.344 bits per heavy atom. The van der Waals surface area contributed by atoms with Gasteiger partial charge in [0.05, 0.1) is 24.7 Å². The predicted octanol–water partition coefficient (Wildman–Crippen LogP) is 11.8. The van der Waals surface area contributed by atoms with E-state index in [0.717, 1.165) is 50.1 Å². The zero-order valence-electron chi connectivity index (χ0n) is 68.0. The molecule has 0 radical (unpaired) electrons. The van der Waals surface area contributed by atoms with Crippen LogP contribution in [0.3, 0.4) is 0 Å². The van der Waals surface area contributed by atoms with Gasteiger partial charge in [-0.25, -0.2) is 0 Å². The van der Waals surface area contributed by atoms with E-state index in [1.165, 1.54) is 0 Å². The molecule has 35 heteroatoms. The van der Waals surface area contributed by atoms with Gasteiger partial charge in [0.25, 0.3) is 6.47 Å². The number of carboxylic acid groups (broad SMARTS) is 5. The fourth-order valence-electron chi connectivity index (χ4n) is 13.1. The van der Waals surface area contributed by atoms with Crippen molar-refractivity contribution in [3.8, 4) is 67.2 Å². The van der Waals surface area contributed by atoms with Gasteiger partial charge >= 0.3 is 29.8 Å². The molecule has 0 unspecified atom stereocenters. The number of aliphatic carboxylic acids is 5. The Labute approximate surface area is 727 Å². The van der Waals surface area contributed by atoms with Crippen molar-refractivity contribution in [1.82, 2.24) is 31.4 Å². The van der Waals surface area contributed by atoms with Crippen LogP contribution < -0.4 is 33.2 Å². The first-order valence-corrected chi connectivity index (χ1v) is 40.8. The summed E-state index contributed by atoms with van der Waals surface area (Å²) < 4.78 is 20.8. The SMILES string of the molecule is NC(=O)[C@H](CCC(=O)O)CC(=O)[C@H](CCC(=O)O)NC(=O)CCc1cc(-c2ccc(-c3ccccc3)cc2)no1.NC(=O)[C@H](CCCC(=O)O)CC(=O)[C@H](CCC(=O)O)NC(=O)CCc1cc(-c2ccc(-c3cccc(Cl)c3)cc2)no1.NC(=O)[C@H](CCCC(=O)O)CC(=O)[C@H](CCCOC=O)NC(=O)CCc1cc(-c2ccc(-c3cccc(Cl)c3)cc2)no1. The van der Waals surface area contributed by atoms with E-state index >= 15 is 0 Å². The highest BCUT2D eigenvalue weighted by molar-refractivity contribution is 6.31. The average Bonchev–Trinajstić information content (AvgIpc) is 1.04. The van der Waals surface area contributed by atoms with Crippen LogP contribution in [0, 0.1) is 17.8 Å². The van der Waals surface area contributed by atoms with Crippen LogP contribution in [0.2, 0.25) is 10.0 Å². The minimum absolute atomic E-state index is 0.00875. The second kappa shape index (κ2) is 51.2. The lowest BCUT2D eigenvalue weighted by atomic mass is 9.91. The maximum atomic E-state index is 13.0. The number of Topliss-reactive ketones (excluding diaryl/α,β-unsaturated/α-hetero) is 3. The molecule has 33 nitrogen and oxygen atoms in total. The van der Waals surface area contributed by atoms with Gasteiger partial charge in [-0.3, -0.25) is 71.9 Å². The number of halogens is 2. The van der Waals surface area contributed by atoms with Gasteiger partial charge in [0.2, 0.25) is 35.4 Å². The van der Waals surface area contributed by atoms with Crippen molar-refractivity contribution in [2.24, 2.45) is 35.0 Å². The lowest BCUT2D eigenvalue weighted by Crippen LogP contribution is -2.43. The van der Waals surface area contributed by atoms with Gasteiger partial charge in [0.1, 0.15) is 34.4 Å². The van der Waals surface area contributed by atoms with Crippen LogP contribution in [-0.4, -0.2) is 155 Å². The number of carbonyl (C=O) groups is 15. The summed E-state index contributed by atoms with van der Waals surface area (Å²) in [7, 11) is 0. The first-order valence-electron chi connectivity index (χ1n) is 40.0. The molecule has 0 spiro atoms.